The Morgan fingerprint density at radius 3 is 2.85 bits per heavy atom. The summed E-state index contributed by atoms with van der Waals surface area (Å²) in [5.41, 5.74) is 0. The highest BCUT2D eigenvalue weighted by atomic mass is 32.2. The van der Waals surface area contributed by atoms with Gasteiger partial charge >= 0.3 is 0 Å². The molecule has 0 N–H and O–H groups in total. The third-order valence-corrected chi connectivity index (χ3v) is 3.03. The van der Waals surface area contributed by atoms with Crippen LogP contribution in [0, 0.1) is 0 Å². The summed E-state index contributed by atoms with van der Waals surface area (Å²) < 4.78 is 11.2. The molecular formula is C10H18O2S. The predicted octanol–water partition coefficient (Wildman–Crippen LogP) is 3.49. The fourth-order valence-electron chi connectivity index (χ4n) is 1.24. The van der Waals surface area contributed by atoms with E-state index in [0.717, 1.165) is 25.0 Å². The van der Waals surface area contributed by atoms with Crippen molar-refractivity contribution < 1.29 is 8.92 Å². The Morgan fingerprint density at radius 1 is 1.46 bits per heavy atom. The topological polar surface area (TPSA) is 18.5 Å². The molecule has 1 rings (SSSR count). The summed E-state index contributed by atoms with van der Waals surface area (Å²) in [5, 5.41) is 0. The van der Waals surface area contributed by atoms with Crippen molar-refractivity contribution in [1.82, 2.24) is 0 Å². The van der Waals surface area contributed by atoms with Crippen molar-refractivity contribution in [2.45, 2.75) is 46.1 Å². The maximum Gasteiger partial charge on any atom is 0.123 e. The second-order valence-electron chi connectivity index (χ2n) is 3.25. The first-order valence-electron chi connectivity index (χ1n) is 4.93. The van der Waals surface area contributed by atoms with E-state index in [-0.39, 0.29) is 6.10 Å². The van der Waals surface area contributed by atoms with E-state index in [0.29, 0.717) is 6.61 Å². The van der Waals surface area contributed by atoms with Crippen LogP contribution in [0.5, 0.6) is 0 Å². The Balaban J connectivity index is 2.59. The molecule has 1 atom stereocenters. The van der Waals surface area contributed by atoms with Crippen LogP contribution >= 0.6 is 12.0 Å². The van der Waals surface area contributed by atoms with Crippen LogP contribution < -0.4 is 0 Å². The van der Waals surface area contributed by atoms with Crippen molar-refractivity contribution in [3.05, 3.63) is 10.7 Å². The van der Waals surface area contributed by atoms with Gasteiger partial charge in [-0.3, -0.25) is 0 Å². The summed E-state index contributed by atoms with van der Waals surface area (Å²) in [6, 6.07) is 0. The first-order valence-corrected chi connectivity index (χ1v) is 5.68. The Morgan fingerprint density at radius 2 is 2.23 bits per heavy atom. The minimum Gasteiger partial charge on any atom is -0.492 e. The molecule has 0 aromatic rings. The second-order valence-corrected chi connectivity index (χ2v) is 4.14. The number of allylic oxidation sites excluding steroid dienone is 2. The third kappa shape index (κ3) is 3.24. The predicted molar refractivity (Wildman–Crippen MR) is 56.3 cm³/mol. The van der Waals surface area contributed by atoms with Gasteiger partial charge in [-0.2, -0.15) is 0 Å². The molecule has 0 radical (unpaired) electrons. The molecule has 0 saturated carbocycles. The molecule has 1 heterocycles. The molecule has 0 amide bonds. The number of hydrogen-bond donors (Lipinski definition) is 0. The Bertz CT molecular complexity index is 189. The monoisotopic (exact) mass is 202 g/mol. The maximum absolute atomic E-state index is 5.76. The minimum atomic E-state index is 0.238. The molecule has 3 heteroatoms. The molecule has 0 aliphatic carbocycles. The summed E-state index contributed by atoms with van der Waals surface area (Å²) in [6.07, 6.45) is 3.45. The number of hydrogen-bond acceptors (Lipinski definition) is 3. The van der Waals surface area contributed by atoms with Crippen molar-refractivity contribution in [2.24, 2.45) is 0 Å². The Kier molecular flexibility index (Phi) is 4.67. The van der Waals surface area contributed by atoms with Crippen LogP contribution in [0.1, 0.15) is 40.0 Å². The first-order chi connectivity index (χ1) is 6.27. The van der Waals surface area contributed by atoms with Gasteiger partial charge in [-0.05, 0) is 19.8 Å². The molecule has 2 nitrogen and oxygen atoms in total. The summed E-state index contributed by atoms with van der Waals surface area (Å²) in [6.45, 7) is 7.03. The maximum atomic E-state index is 5.76. The van der Waals surface area contributed by atoms with Gasteiger partial charge in [-0.15, -0.1) is 0 Å². The fourth-order valence-corrected chi connectivity index (χ4v) is 2.05. The van der Waals surface area contributed by atoms with Crippen molar-refractivity contribution >= 4 is 12.0 Å². The van der Waals surface area contributed by atoms with Gasteiger partial charge in [0, 0.05) is 12.0 Å². The lowest BCUT2D eigenvalue weighted by Gasteiger charge is -2.13. The number of ether oxygens (including phenoxy) is 1. The van der Waals surface area contributed by atoms with Gasteiger partial charge in [0.2, 0.25) is 0 Å². The highest BCUT2D eigenvalue weighted by Gasteiger charge is 2.16. The second kappa shape index (κ2) is 5.55. The fraction of sp³-hybridized carbons (Fsp3) is 0.800. The van der Waals surface area contributed by atoms with E-state index in [4.69, 9.17) is 8.92 Å². The van der Waals surface area contributed by atoms with Gasteiger partial charge in [0.05, 0.1) is 11.5 Å². The van der Waals surface area contributed by atoms with Gasteiger partial charge in [0.15, 0.2) is 0 Å². The van der Waals surface area contributed by atoms with Crippen LogP contribution in [0.4, 0.5) is 0 Å². The van der Waals surface area contributed by atoms with Crippen molar-refractivity contribution in [3.63, 3.8) is 0 Å². The van der Waals surface area contributed by atoms with Crippen LogP contribution in [-0.2, 0) is 8.92 Å². The van der Waals surface area contributed by atoms with Gasteiger partial charge < -0.3 is 8.92 Å². The first kappa shape index (κ1) is 10.9. The molecule has 0 aromatic carbocycles. The van der Waals surface area contributed by atoms with Crippen LogP contribution in [0.3, 0.4) is 0 Å². The van der Waals surface area contributed by atoms with E-state index < -0.39 is 0 Å². The largest absolute Gasteiger partial charge is 0.492 e. The van der Waals surface area contributed by atoms with Crippen molar-refractivity contribution in [1.29, 1.82) is 0 Å². The van der Waals surface area contributed by atoms with E-state index in [9.17, 15) is 0 Å². The lowest BCUT2D eigenvalue weighted by molar-refractivity contribution is 0.0787. The average molecular weight is 202 g/mol. The molecule has 76 valence electrons. The van der Waals surface area contributed by atoms with Gasteiger partial charge in [0.1, 0.15) is 11.9 Å². The molecule has 0 aromatic heterocycles. The Labute approximate surface area is 84.9 Å². The number of rotatable bonds is 3. The van der Waals surface area contributed by atoms with E-state index >= 15 is 0 Å². The zero-order valence-corrected chi connectivity index (χ0v) is 9.45. The van der Waals surface area contributed by atoms with Crippen LogP contribution in [0.15, 0.2) is 10.7 Å². The van der Waals surface area contributed by atoms with E-state index in [1.165, 1.54) is 16.9 Å². The molecule has 13 heavy (non-hydrogen) atoms. The molecular weight excluding hydrogens is 184 g/mol. The van der Waals surface area contributed by atoms with Crippen LogP contribution in [-0.4, -0.2) is 12.7 Å². The van der Waals surface area contributed by atoms with E-state index in [2.05, 4.69) is 13.8 Å². The standard InChI is InChI=1S/C10H18O2S/c1-4-6-10-8(3)12-9(5-2)7-11-13-10/h9H,4-7H2,1-3H3. The molecule has 0 saturated heterocycles. The highest BCUT2D eigenvalue weighted by Crippen LogP contribution is 2.30. The normalized spacial score (nSPS) is 24.1. The van der Waals surface area contributed by atoms with Gasteiger partial charge in [-0.25, -0.2) is 0 Å². The van der Waals surface area contributed by atoms with Crippen LogP contribution in [0.25, 0.3) is 0 Å². The molecule has 1 aliphatic heterocycles. The quantitative estimate of drug-likeness (QED) is 0.653. The summed E-state index contributed by atoms with van der Waals surface area (Å²) in [7, 11) is 0. The molecule has 1 aliphatic rings. The van der Waals surface area contributed by atoms with Crippen molar-refractivity contribution in [3.8, 4) is 0 Å². The van der Waals surface area contributed by atoms with E-state index in [1.807, 2.05) is 6.92 Å². The molecule has 0 fully saturated rings. The molecule has 1 unspecified atom stereocenters. The summed E-state index contributed by atoms with van der Waals surface area (Å²) in [5.74, 6) is 1.05. The molecule has 0 bridgehead atoms. The van der Waals surface area contributed by atoms with Crippen LogP contribution in [0.2, 0.25) is 0 Å². The third-order valence-electron chi connectivity index (χ3n) is 2.08. The highest BCUT2D eigenvalue weighted by molar-refractivity contribution is 7.98. The SMILES string of the molecule is CCCC1=C(C)OC(CC)COS1. The zero-order chi connectivity index (χ0) is 9.68. The summed E-state index contributed by atoms with van der Waals surface area (Å²) >= 11 is 1.49. The van der Waals surface area contributed by atoms with Gasteiger partial charge in [0.25, 0.3) is 0 Å². The lowest BCUT2D eigenvalue weighted by atomic mass is 10.2. The smallest absolute Gasteiger partial charge is 0.123 e. The van der Waals surface area contributed by atoms with Gasteiger partial charge in [-0.1, -0.05) is 20.3 Å². The average Bonchev–Trinajstić information content (AvgIpc) is 2.30. The minimum absolute atomic E-state index is 0.238. The lowest BCUT2D eigenvalue weighted by Crippen LogP contribution is -2.14. The Hall–Kier alpha value is -0.150. The molecule has 0 spiro atoms. The van der Waals surface area contributed by atoms with E-state index in [1.54, 1.807) is 0 Å². The zero-order valence-electron chi connectivity index (χ0n) is 8.63. The summed E-state index contributed by atoms with van der Waals surface area (Å²) in [4.78, 5) is 1.25. The van der Waals surface area contributed by atoms with Crippen molar-refractivity contribution in [2.75, 3.05) is 6.61 Å².